The van der Waals surface area contributed by atoms with Crippen LogP contribution >= 0.6 is 11.6 Å². The maximum Gasteiger partial charge on any atom is 0.182 e. The number of sulfone groups is 1. The Morgan fingerprint density at radius 3 is 2.53 bits per heavy atom. The first-order chi connectivity index (χ1) is 15.2. The van der Waals surface area contributed by atoms with Crippen LogP contribution in [0.1, 0.15) is 24.1 Å². The molecule has 0 saturated carbocycles. The number of nitrogens with one attached hydrogen (secondary N) is 2. The summed E-state index contributed by atoms with van der Waals surface area (Å²) in [6.07, 6.45) is 4.20. The van der Waals surface area contributed by atoms with Crippen molar-refractivity contribution in [3.63, 3.8) is 0 Å². The number of hydrogen-bond acceptors (Lipinski definition) is 7. The molecule has 0 amide bonds. The van der Waals surface area contributed by atoms with Gasteiger partial charge in [-0.05, 0) is 43.2 Å². The van der Waals surface area contributed by atoms with E-state index in [1.54, 1.807) is 37.7 Å². The summed E-state index contributed by atoms with van der Waals surface area (Å²) in [5, 5.41) is 3.95. The zero-order valence-corrected chi connectivity index (χ0v) is 19.5. The van der Waals surface area contributed by atoms with Crippen molar-refractivity contribution in [2.75, 3.05) is 18.7 Å². The summed E-state index contributed by atoms with van der Waals surface area (Å²) in [6.45, 7) is 3.88. The molecule has 1 unspecified atom stereocenters. The monoisotopic (exact) mass is 471 g/mol. The number of fused-ring (bicyclic) bond motifs is 1. The number of hydrogen-bond donors (Lipinski definition) is 2. The molecule has 2 aromatic heterocycles. The number of ether oxygens (including phenoxy) is 1. The second-order valence-electron chi connectivity index (χ2n) is 7.47. The van der Waals surface area contributed by atoms with Gasteiger partial charge in [0.2, 0.25) is 0 Å². The number of H-pyrrole nitrogens is 1. The zero-order valence-electron chi connectivity index (χ0n) is 18.0. The van der Waals surface area contributed by atoms with E-state index in [4.69, 9.17) is 16.3 Å². The Morgan fingerprint density at radius 1 is 1.16 bits per heavy atom. The normalized spacial score (nSPS) is 12.7. The van der Waals surface area contributed by atoms with Crippen molar-refractivity contribution in [3.8, 4) is 16.9 Å². The van der Waals surface area contributed by atoms with Gasteiger partial charge in [-0.2, -0.15) is 0 Å². The smallest absolute Gasteiger partial charge is 0.182 e. The highest BCUT2D eigenvalue weighted by Gasteiger charge is 2.22. The van der Waals surface area contributed by atoms with Gasteiger partial charge in [0.1, 0.15) is 17.6 Å². The summed E-state index contributed by atoms with van der Waals surface area (Å²) in [5.74, 6) is 1.26. The van der Waals surface area contributed by atoms with Crippen molar-refractivity contribution in [2.24, 2.45) is 0 Å². The van der Waals surface area contributed by atoms with Crippen LogP contribution in [0.3, 0.4) is 0 Å². The summed E-state index contributed by atoms with van der Waals surface area (Å²) in [5.41, 5.74) is 4.54. The van der Waals surface area contributed by atoms with Gasteiger partial charge in [-0.3, -0.25) is 0 Å². The number of methoxy groups -OCH3 is 1. The molecular formula is C22H22ClN5O3S. The standard InChI is InChI=1S/C22H22ClN5O3S/c1-12-17(23)9-16(13(2)28-22-19-21(25-10-24-19)26-11-27-22)20(31-3)18(12)14-5-7-15(8-6-14)32(4,29)30/h5-11,13H,1-4H3,(H2,24,25,26,27,28). The van der Waals surface area contributed by atoms with Crippen LogP contribution in [0.25, 0.3) is 22.3 Å². The molecule has 166 valence electrons. The Kier molecular flexibility index (Phi) is 5.79. The number of rotatable bonds is 6. The van der Waals surface area contributed by atoms with Gasteiger partial charge in [0.05, 0.1) is 24.4 Å². The molecule has 0 spiro atoms. The molecule has 1 atom stereocenters. The van der Waals surface area contributed by atoms with Crippen molar-refractivity contribution in [1.82, 2.24) is 19.9 Å². The van der Waals surface area contributed by atoms with Crippen LogP contribution in [-0.2, 0) is 9.84 Å². The molecule has 4 rings (SSSR count). The summed E-state index contributed by atoms with van der Waals surface area (Å²) in [6, 6.07) is 8.34. The highest BCUT2D eigenvalue weighted by Crippen LogP contribution is 2.43. The largest absolute Gasteiger partial charge is 0.496 e. The van der Waals surface area contributed by atoms with E-state index < -0.39 is 9.84 Å². The van der Waals surface area contributed by atoms with E-state index in [0.29, 0.717) is 27.8 Å². The first-order valence-corrected chi connectivity index (χ1v) is 12.1. The predicted molar refractivity (Wildman–Crippen MR) is 125 cm³/mol. The average Bonchev–Trinajstić information content (AvgIpc) is 3.24. The van der Waals surface area contributed by atoms with E-state index in [2.05, 4.69) is 25.3 Å². The lowest BCUT2D eigenvalue weighted by atomic mass is 9.94. The van der Waals surface area contributed by atoms with Crippen molar-refractivity contribution in [2.45, 2.75) is 24.8 Å². The first-order valence-electron chi connectivity index (χ1n) is 9.78. The third-order valence-corrected chi connectivity index (χ3v) is 6.84. The molecule has 10 heteroatoms. The maximum atomic E-state index is 11.8. The Bertz CT molecular complexity index is 1400. The summed E-state index contributed by atoms with van der Waals surface area (Å²) in [7, 11) is -1.69. The zero-order chi connectivity index (χ0) is 23.0. The van der Waals surface area contributed by atoms with Crippen LogP contribution in [0.15, 0.2) is 47.9 Å². The summed E-state index contributed by atoms with van der Waals surface area (Å²) in [4.78, 5) is 15.9. The number of nitrogens with zero attached hydrogens (tertiary/aromatic N) is 3. The molecular weight excluding hydrogens is 450 g/mol. The van der Waals surface area contributed by atoms with E-state index in [0.717, 1.165) is 22.3 Å². The summed E-state index contributed by atoms with van der Waals surface area (Å²) < 4.78 is 29.5. The first kappa shape index (κ1) is 22.0. The lowest BCUT2D eigenvalue weighted by molar-refractivity contribution is 0.409. The van der Waals surface area contributed by atoms with Crippen LogP contribution in [0.4, 0.5) is 5.82 Å². The Hall–Kier alpha value is -3.17. The number of aromatic nitrogens is 4. The fraction of sp³-hybridized carbons (Fsp3) is 0.227. The minimum atomic E-state index is -3.29. The van der Waals surface area contributed by atoms with Crippen molar-refractivity contribution < 1.29 is 13.2 Å². The van der Waals surface area contributed by atoms with Gasteiger partial charge in [0.15, 0.2) is 21.3 Å². The van der Waals surface area contributed by atoms with Gasteiger partial charge < -0.3 is 15.0 Å². The number of halogens is 1. The van der Waals surface area contributed by atoms with Crippen LogP contribution in [0.2, 0.25) is 5.02 Å². The molecule has 4 aromatic rings. The molecule has 0 saturated heterocycles. The molecule has 0 aliphatic heterocycles. The van der Waals surface area contributed by atoms with E-state index in [-0.39, 0.29) is 10.9 Å². The van der Waals surface area contributed by atoms with Crippen molar-refractivity contribution in [3.05, 3.63) is 59.1 Å². The Morgan fingerprint density at radius 2 is 1.88 bits per heavy atom. The fourth-order valence-electron chi connectivity index (χ4n) is 3.66. The molecule has 0 fully saturated rings. The van der Waals surface area contributed by atoms with Crippen LogP contribution in [-0.4, -0.2) is 41.7 Å². The second-order valence-corrected chi connectivity index (χ2v) is 9.89. The van der Waals surface area contributed by atoms with Crippen LogP contribution < -0.4 is 10.1 Å². The highest BCUT2D eigenvalue weighted by atomic mass is 35.5. The Labute approximate surface area is 191 Å². The number of imidazole rings is 1. The van der Waals surface area contributed by atoms with Gasteiger partial charge in [-0.25, -0.2) is 23.4 Å². The maximum absolute atomic E-state index is 11.8. The second kappa shape index (κ2) is 8.40. The third kappa shape index (κ3) is 4.01. The van der Waals surface area contributed by atoms with Gasteiger partial charge in [0, 0.05) is 22.4 Å². The number of benzene rings is 2. The van der Waals surface area contributed by atoms with Crippen LogP contribution in [0.5, 0.6) is 5.75 Å². The molecule has 32 heavy (non-hydrogen) atoms. The van der Waals surface area contributed by atoms with Gasteiger partial charge in [0.25, 0.3) is 0 Å². The molecule has 0 radical (unpaired) electrons. The topological polar surface area (TPSA) is 110 Å². The lowest BCUT2D eigenvalue weighted by Gasteiger charge is -2.23. The van der Waals surface area contributed by atoms with Gasteiger partial charge in [-0.15, -0.1) is 0 Å². The molecule has 2 heterocycles. The fourth-order valence-corrected chi connectivity index (χ4v) is 4.50. The average molecular weight is 472 g/mol. The van der Waals surface area contributed by atoms with E-state index in [1.807, 2.05) is 19.9 Å². The third-order valence-electron chi connectivity index (χ3n) is 5.32. The predicted octanol–water partition coefficient (Wildman–Crippen LogP) is 4.57. The van der Waals surface area contributed by atoms with Crippen molar-refractivity contribution >= 4 is 38.4 Å². The quantitative estimate of drug-likeness (QED) is 0.424. The SMILES string of the molecule is COc1c(C(C)Nc2ncnc3nc[nH]c23)cc(Cl)c(C)c1-c1ccc(S(C)(=O)=O)cc1. The minimum absolute atomic E-state index is 0.224. The molecule has 0 bridgehead atoms. The number of anilines is 1. The minimum Gasteiger partial charge on any atom is -0.496 e. The molecule has 8 nitrogen and oxygen atoms in total. The van der Waals surface area contributed by atoms with Gasteiger partial charge >= 0.3 is 0 Å². The number of aromatic amines is 1. The molecule has 2 aromatic carbocycles. The van der Waals surface area contributed by atoms with E-state index in [1.165, 1.54) is 12.6 Å². The lowest BCUT2D eigenvalue weighted by Crippen LogP contribution is -2.11. The summed E-state index contributed by atoms with van der Waals surface area (Å²) >= 11 is 6.61. The highest BCUT2D eigenvalue weighted by molar-refractivity contribution is 7.90. The van der Waals surface area contributed by atoms with Gasteiger partial charge in [-0.1, -0.05) is 23.7 Å². The van der Waals surface area contributed by atoms with E-state index >= 15 is 0 Å². The van der Waals surface area contributed by atoms with Crippen LogP contribution in [0, 0.1) is 6.92 Å². The van der Waals surface area contributed by atoms with E-state index in [9.17, 15) is 8.42 Å². The molecule has 0 aliphatic carbocycles. The van der Waals surface area contributed by atoms with Crippen molar-refractivity contribution in [1.29, 1.82) is 0 Å². The molecule has 0 aliphatic rings. The molecule has 2 N–H and O–H groups in total. The Balaban J connectivity index is 1.80.